The summed E-state index contributed by atoms with van der Waals surface area (Å²) in [5, 5.41) is 4.12. The summed E-state index contributed by atoms with van der Waals surface area (Å²) in [6.45, 7) is 2.63. The minimum absolute atomic E-state index is 0.575. The van der Waals surface area contributed by atoms with E-state index in [0.29, 0.717) is 6.61 Å². The molecule has 0 bridgehead atoms. The van der Waals surface area contributed by atoms with Gasteiger partial charge < -0.3 is 4.74 Å². The Bertz CT molecular complexity index is 718. The van der Waals surface area contributed by atoms with Crippen molar-refractivity contribution < 1.29 is 4.74 Å². The first-order valence-electron chi connectivity index (χ1n) is 6.09. The van der Waals surface area contributed by atoms with Crippen LogP contribution in [-0.4, -0.2) is 0 Å². The molecule has 19 heavy (non-hydrogen) atoms. The van der Waals surface area contributed by atoms with Crippen molar-refractivity contribution in [3.8, 4) is 5.75 Å². The predicted molar refractivity (Wildman–Crippen MR) is 82.3 cm³/mol. The fourth-order valence-electron chi connectivity index (χ4n) is 2.06. The molecule has 3 aromatic rings. The second kappa shape index (κ2) is 5.24. The second-order valence-corrected chi connectivity index (χ2v) is 5.72. The van der Waals surface area contributed by atoms with Crippen molar-refractivity contribution in [1.29, 1.82) is 0 Å². The Kier molecular flexibility index (Phi) is 3.45. The number of halogens is 1. The molecule has 3 heteroatoms. The number of fused-ring (bicyclic) bond motifs is 1. The zero-order valence-corrected chi connectivity index (χ0v) is 12.1. The zero-order chi connectivity index (χ0) is 13.2. The summed E-state index contributed by atoms with van der Waals surface area (Å²) in [4.78, 5) is 0. The van der Waals surface area contributed by atoms with Crippen LogP contribution in [-0.2, 0) is 6.61 Å². The maximum atomic E-state index is 6.18. The number of aryl methyl sites for hydroxylation is 1. The lowest BCUT2D eigenvalue weighted by molar-refractivity contribution is 0.306. The van der Waals surface area contributed by atoms with E-state index in [1.807, 2.05) is 30.3 Å². The van der Waals surface area contributed by atoms with Crippen molar-refractivity contribution in [2.24, 2.45) is 0 Å². The lowest BCUT2D eigenvalue weighted by Crippen LogP contribution is -1.95. The van der Waals surface area contributed by atoms with E-state index in [4.69, 9.17) is 16.3 Å². The van der Waals surface area contributed by atoms with Crippen molar-refractivity contribution in [3.63, 3.8) is 0 Å². The number of hydrogen-bond acceptors (Lipinski definition) is 2. The Labute approximate surface area is 121 Å². The van der Waals surface area contributed by atoms with Crippen LogP contribution in [0.4, 0.5) is 0 Å². The molecule has 0 saturated carbocycles. The molecule has 3 rings (SSSR count). The van der Waals surface area contributed by atoms with Crippen LogP contribution in [0.2, 0.25) is 5.02 Å². The Morgan fingerprint density at radius 1 is 1.11 bits per heavy atom. The Morgan fingerprint density at radius 3 is 2.79 bits per heavy atom. The zero-order valence-electron chi connectivity index (χ0n) is 10.5. The van der Waals surface area contributed by atoms with E-state index in [-0.39, 0.29) is 0 Å². The summed E-state index contributed by atoms with van der Waals surface area (Å²) in [5.41, 5.74) is 2.34. The van der Waals surface area contributed by atoms with Crippen molar-refractivity contribution in [2.45, 2.75) is 13.5 Å². The van der Waals surface area contributed by atoms with Gasteiger partial charge in [-0.15, -0.1) is 11.3 Å². The summed E-state index contributed by atoms with van der Waals surface area (Å²) in [6, 6.07) is 14.1. The molecule has 1 aromatic heterocycles. The van der Waals surface area contributed by atoms with Crippen LogP contribution < -0.4 is 4.74 Å². The molecule has 0 amide bonds. The molecule has 96 valence electrons. The highest BCUT2D eigenvalue weighted by atomic mass is 35.5. The molecular weight excluding hydrogens is 276 g/mol. The minimum atomic E-state index is 0.575. The molecule has 1 heterocycles. The normalized spacial score (nSPS) is 10.8. The molecule has 0 aliphatic carbocycles. The predicted octanol–water partition coefficient (Wildman–Crippen LogP) is 5.44. The van der Waals surface area contributed by atoms with E-state index in [0.717, 1.165) is 21.0 Å². The van der Waals surface area contributed by atoms with Gasteiger partial charge in [-0.2, -0.15) is 0 Å². The van der Waals surface area contributed by atoms with Crippen LogP contribution in [0.1, 0.15) is 11.1 Å². The van der Waals surface area contributed by atoms with Gasteiger partial charge >= 0.3 is 0 Å². The Balaban J connectivity index is 1.87. The summed E-state index contributed by atoms with van der Waals surface area (Å²) >= 11 is 7.85. The van der Waals surface area contributed by atoms with Crippen molar-refractivity contribution >= 4 is 33.0 Å². The molecule has 0 spiro atoms. The van der Waals surface area contributed by atoms with Gasteiger partial charge in [-0.25, -0.2) is 0 Å². The maximum absolute atomic E-state index is 6.18. The van der Waals surface area contributed by atoms with Gasteiger partial charge in [0.15, 0.2) is 0 Å². The fraction of sp³-hybridized carbons (Fsp3) is 0.125. The van der Waals surface area contributed by atoms with E-state index in [9.17, 15) is 0 Å². The molecule has 0 unspecified atom stereocenters. The number of para-hydroxylation sites is 1. The maximum Gasteiger partial charge on any atom is 0.122 e. The number of hydrogen-bond donors (Lipinski definition) is 0. The van der Waals surface area contributed by atoms with Gasteiger partial charge in [-0.3, -0.25) is 0 Å². The second-order valence-electron chi connectivity index (χ2n) is 4.43. The molecule has 0 aliphatic rings. The van der Waals surface area contributed by atoms with Gasteiger partial charge in [-0.05, 0) is 30.0 Å². The van der Waals surface area contributed by atoms with Gasteiger partial charge in [-0.1, -0.05) is 41.9 Å². The van der Waals surface area contributed by atoms with E-state index < -0.39 is 0 Å². The Hall–Kier alpha value is -1.51. The molecule has 0 N–H and O–H groups in total. The molecule has 0 aliphatic heterocycles. The number of benzene rings is 2. The van der Waals surface area contributed by atoms with Gasteiger partial charge in [0.1, 0.15) is 12.4 Å². The van der Waals surface area contributed by atoms with Crippen LogP contribution in [0.5, 0.6) is 5.75 Å². The quantitative estimate of drug-likeness (QED) is 0.623. The largest absolute Gasteiger partial charge is 0.489 e. The number of ether oxygens (including phenoxy) is 1. The Morgan fingerprint density at radius 2 is 1.95 bits per heavy atom. The average Bonchev–Trinajstić information content (AvgIpc) is 2.83. The van der Waals surface area contributed by atoms with E-state index >= 15 is 0 Å². The third kappa shape index (κ3) is 2.46. The van der Waals surface area contributed by atoms with Crippen LogP contribution in [0.15, 0.2) is 47.8 Å². The fourth-order valence-corrected chi connectivity index (χ4v) is 3.33. The first-order valence-corrected chi connectivity index (χ1v) is 7.34. The van der Waals surface area contributed by atoms with E-state index in [2.05, 4.69) is 24.4 Å². The SMILES string of the molecule is Cc1ccccc1OCc1csc2c(Cl)cccc12. The molecule has 0 fully saturated rings. The number of thiophene rings is 1. The van der Waals surface area contributed by atoms with Crippen LogP contribution in [0.3, 0.4) is 0 Å². The van der Waals surface area contributed by atoms with Gasteiger partial charge in [0.25, 0.3) is 0 Å². The lowest BCUT2D eigenvalue weighted by atomic mass is 10.2. The van der Waals surface area contributed by atoms with E-state index in [1.54, 1.807) is 11.3 Å². The molecule has 0 saturated heterocycles. The highest BCUT2D eigenvalue weighted by Crippen LogP contribution is 2.32. The van der Waals surface area contributed by atoms with Crippen LogP contribution in [0, 0.1) is 6.92 Å². The first-order chi connectivity index (χ1) is 9.25. The number of rotatable bonds is 3. The topological polar surface area (TPSA) is 9.23 Å². The van der Waals surface area contributed by atoms with Crippen LogP contribution >= 0.6 is 22.9 Å². The third-order valence-corrected chi connectivity index (χ3v) is 4.61. The average molecular weight is 289 g/mol. The third-order valence-electron chi connectivity index (χ3n) is 3.11. The summed E-state index contributed by atoms with van der Waals surface area (Å²) in [5.74, 6) is 0.934. The minimum Gasteiger partial charge on any atom is -0.489 e. The smallest absolute Gasteiger partial charge is 0.122 e. The summed E-state index contributed by atoms with van der Waals surface area (Å²) in [7, 11) is 0. The molecule has 0 radical (unpaired) electrons. The monoisotopic (exact) mass is 288 g/mol. The first kappa shape index (κ1) is 12.5. The highest BCUT2D eigenvalue weighted by Gasteiger charge is 2.07. The van der Waals surface area contributed by atoms with Crippen molar-refractivity contribution in [2.75, 3.05) is 0 Å². The molecule has 2 aromatic carbocycles. The molecule has 1 nitrogen and oxygen atoms in total. The lowest BCUT2D eigenvalue weighted by Gasteiger charge is -2.08. The van der Waals surface area contributed by atoms with Gasteiger partial charge in [0, 0.05) is 10.9 Å². The van der Waals surface area contributed by atoms with Crippen LogP contribution in [0.25, 0.3) is 10.1 Å². The highest BCUT2D eigenvalue weighted by molar-refractivity contribution is 7.18. The van der Waals surface area contributed by atoms with Crippen molar-refractivity contribution in [3.05, 3.63) is 64.0 Å². The van der Waals surface area contributed by atoms with Gasteiger partial charge in [0.05, 0.1) is 9.72 Å². The van der Waals surface area contributed by atoms with Crippen molar-refractivity contribution in [1.82, 2.24) is 0 Å². The summed E-state index contributed by atoms with van der Waals surface area (Å²) in [6.07, 6.45) is 0. The molecular formula is C16H13ClOS. The molecule has 0 atom stereocenters. The summed E-state index contributed by atoms with van der Waals surface area (Å²) < 4.78 is 7.02. The standard InChI is InChI=1S/C16H13ClOS/c1-11-5-2-3-8-15(11)18-9-12-10-19-16-13(12)6-4-7-14(16)17/h2-8,10H,9H2,1H3. The van der Waals surface area contributed by atoms with E-state index in [1.165, 1.54) is 10.9 Å². The van der Waals surface area contributed by atoms with Gasteiger partial charge in [0.2, 0.25) is 0 Å².